The van der Waals surface area contributed by atoms with Gasteiger partial charge in [0, 0.05) is 11.1 Å². The third-order valence-electron chi connectivity index (χ3n) is 2.67. The first-order chi connectivity index (χ1) is 8.84. The Hall–Kier alpha value is -2.11. The van der Waals surface area contributed by atoms with Crippen molar-refractivity contribution in [2.24, 2.45) is 0 Å². The number of benzene rings is 1. The molecule has 6 heteroatoms. The van der Waals surface area contributed by atoms with Gasteiger partial charge in [-0.1, -0.05) is 6.07 Å². The summed E-state index contributed by atoms with van der Waals surface area (Å²) in [6.07, 6.45) is -4.56. The molecule has 0 N–H and O–H groups in total. The van der Waals surface area contributed by atoms with Crippen LogP contribution in [0.2, 0.25) is 0 Å². The Morgan fingerprint density at radius 2 is 2.00 bits per heavy atom. The summed E-state index contributed by atoms with van der Waals surface area (Å²) < 4.78 is 43.5. The Labute approximate surface area is 107 Å². The highest BCUT2D eigenvalue weighted by atomic mass is 19.4. The molecule has 19 heavy (non-hydrogen) atoms. The lowest BCUT2D eigenvalue weighted by atomic mass is 10.0. The number of aromatic nitrogens is 1. The molecule has 0 radical (unpaired) electrons. The van der Waals surface area contributed by atoms with Crippen molar-refractivity contribution in [3.63, 3.8) is 0 Å². The lowest BCUT2D eigenvalue weighted by molar-refractivity contribution is -0.136. The van der Waals surface area contributed by atoms with E-state index in [1.165, 1.54) is 18.2 Å². The number of nitrogens with zero attached hydrogens (tertiary/aromatic N) is 1. The van der Waals surface area contributed by atoms with Crippen molar-refractivity contribution in [3.8, 4) is 0 Å². The van der Waals surface area contributed by atoms with Crippen molar-refractivity contribution < 1.29 is 22.7 Å². The zero-order chi connectivity index (χ0) is 14.2. The SMILES string of the molecule is COC(=O)c1cc(C)nc2cccc(C(F)(F)F)c12. The summed E-state index contributed by atoms with van der Waals surface area (Å²) in [6, 6.07) is 4.91. The first-order valence-electron chi connectivity index (χ1n) is 5.40. The summed E-state index contributed by atoms with van der Waals surface area (Å²) in [4.78, 5) is 15.7. The monoisotopic (exact) mass is 269 g/mol. The molecule has 3 nitrogen and oxygen atoms in total. The number of halogens is 3. The molecular formula is C13H10F3NO2. The fourth-order valence-corrected chi connectivity index (χ4v) is 1.93. The largest absolute Gasteiger partial charge is 0.465 e. The topological polar surface area (TPSA) is 39.2 Å². The molecule has 2 rings (SSSR count). The summed E-state index contributed by atoms with van der Waals surface area (Å²) in [5, 5.41) is -0.229. The number of carbonyl (C=O) groups excluding carboxylic acids is 1. The van der Waals surface area contributed by atoms with Crippen LogP contribution in [0.15, 0.2) is 24.3 Å². The van der Waals surface area contributed by atoms with E-state index in [1.54, 1.807) is 6.92 Å². The van der Waals surface area contributed by atoms with Gasteiger partial charge in [-0.15, -0.1) is 0 Å². The number of hydrogen-bond acceptors (Lipinski definition) is 3. The van der Waals surface area contributed by atoms with Gasteiger partial charge >= 0.3 is 12.1 Å². The number of fused-ring (bicyclic) bond motifs is 1. The van der Waals surface area contributed by atoms with Crippen molar-refractivity contribution in [2.75, 3.05) is 7.11 Å². The molecular weight excluding hydrogens is 259 g/mol. The Kier molecular flexibility index (Phi) is 3.18. The molecule has 0 aliphatic rings. The molecule has 0 aliphatic carbocycles. The second kappa shape index (κ2) is 4.53. The fourth-order valence-electron chi connectivity index (χ4n) is 1.93. The van der Waals surface area contributed by atoms with Gasteiger partial charge in [-0.3, -0.25) is 4.98 Å². The maximum atomic E-state index is 13.0. The molecule has 2 aromatic rings. The fraction of sp³-hybridized carbons (Fsp3) is 0.231. The van der Waals surface area contributed by atoms with Crippen molar-refractivity contribution in [2.45, 2.75) is 13.1 Å². The predicted molar refractivity (Wildman–Crippen MR) is 62.8 cm³/mol. The van der Waals surface area contributed by atoms with Gasteiger partial charge in [0.25, 0.3) is 0 Å². The molecule has 0 amide bonds. The van der Waals surface area contributed by atoms with E-state index in [2.05, 4.69) is 9.72 Å². The number of alkyl halides is 3. The molecule has 0 saturated carbocycles. The Bertz CT molecular complexity index is 650. The normalized spacial score (nSPS) is 11.6. The number of rotatable bonds is 1. The van der Waals surface area contributed by atoms with E-state index in [1.807, 2.05) is 0 Å². The molecule has 0 fully saturated rings. The van der Waals surface area contributed by atoms with Gasteiger partial charge in [0.2, 0.25) is 0 Å². The molecule has 1 aromatic heterocycles. The summed E-state index contributed by atoms with van der Waals surface area (Å²) in [6.45, 7) is 1.60. The third-order valence-corrected chi connectivity index (χ3v) is 2.67. The van der Waals surface area contributed by atoms with Crippen LogP contribution in [0.3, 0.4) is 0 Å². The first-order valence-corrected chi connectivity index (χ1v) is 5.40. The number of ether oxygens (including phenoxy) is 1. The molecule has 0 spiro atoms. The van der Waals surface area contributed by atoms with Crippen LogP contribution in [0.25, 0.3) is 10.9 Å². The smallest absolute Gasteiger partial charge is 0.417 e. The summed E-state index contributed by atoms with van der Waals surface area (Å²) >= 11 is 0. The Morgan fingerprint density at radius 1 is 1.32 bits per heavy atom. The minimum atomic E-state index is -4.56. The van der Waals surface area contributed by atoms with E-state index in [0.29, 0.717) is 5.69 Å². The summed E-state index contributed by atoms with van der Waals surface area (Å²) in [7, 11) is 1.13. The van der Waals surface area contributed by atoms with E-state index >= 15 is 0 Å². The van der Waals surface area contributed by atoms with Crippen LogP contribution in [-0.2, 0) is 10.9 Å². The zero-order valence-corrected chi connectivity index (χ0v) is 10.2. The predicted octanol–water partition coefficient (Wildman–Crippen LogP) is 3.35. The second-order valence-electron chi connectivity index (χ2n) is 4.00. The van der Waals surface area contributed by atoms with E-state index < -0.39 is 17.7 Å². The quantitative estimate of drug-likeness (QED) is 0.745. The molecule has 0 saturated heterocycles. The molecule has 1 aromatic carbocycles. The molecule has 0 bridgehead atoms. The number of esters is 1. The highest BCUT2D eigenvalue weighted by molar-refractivity contribution is 6.05. The maximum Gasteiger partial charge on any atom is 0.417 e. The van der Waals surface area contributed by atoms with Crippen molar-refractivity contribution in [1.82, 2.24) is 4.98 Å². The average Bonchev–Trinajstić information content (AvgIpc) is 2.34. The Balaban J connectivity index is 2.90. The van der Waals surface area contributed by atoms with Crippen LogP contribution < -0.4 is 0 Å². The minimum absolute atomic E-state index is 0.121. The number of aryl methyl sites for hydroxylation is 1. The van der Waals surface area contributed by atoms with Gasteiger partial charge in [-0.2, -0.15) is 13.2 Å². The number of methoxy groups -OCH3 is 1. The highest BCUT2D eigenvalue weighted by Gasteiger charge is 2.34. The summed E-state index contributed by atoms with van der Waals surface area (Å²) in [5.74, 6) is -0.813. The number of hydrogen-bond donors (Lipinski definition) is 0. The number of carbonyl (C=O) groups is 1. The molecule has 100 valence electrons. The standard InChI is InChI=1S/C13H10F3NO2/c1-7-6-8(12(18)19-2)11-9(13(14,15)16)4-3-5-10(11)17-7/h3-6H,1-2H3. The van der Waals surface area contributed by atoms with Gasteiger partial charge < -0.3 is 4.74 Å². The lowest BCUT2D eigenvalue weighted by Gasteiger charge is -2.13. The molecule has 0 aliphatic heterocycles. The lowest BCUT2D eigenvalue weighted by Crippen LogP contribution is -2.11. The van der Waals surface area contributed by atoms with Gasteiger partial charge in [-0.05, 0) is 25.1 Å². The Morgan fingerprint density at radius 3 is 2.58 bits per heavy atom. The highest BCUT2D eigenvalue weighted by Crippen LogP contribution is 2.36. The van der Waals surface area contributed by atoms with Crippen molar-refractivity contribution >= 4 is 16.9 Å². The molecule has 0 atom stereocenters. The van der Waals surface area contributed by atoms with Crippen molar-refractivity contribution in [1.29, 1.82) is 0 Å². The van der Waals surface area contributed by atoms with Crippen molar-refractivity contribution in [3.05, 3.63) is 41.1 Å². The van der Waals surface area contributed by atoms with Crippen LogP contribution in [0, 0.1) is 6.92 Å². The zero-order valence-electron chi connectivity index (χ0n) is 10.2. The van der Waals surface area contributed by atoms with Crippen LogP contribution in [0.4, 0.5) is 13.2 Å². The van der Waals surface area contributed by atoms with Gasteiger partial charge in [0.05, 0.1) is 23.8 Å². The minimum Gasteiger partial charge on any atom is -0.465 e. The van der Waals surface area contributed by atoms with Gasteiger partial charge in [0.15, 0.2) is 0 Å². The van der Waals surface area contributed by atoms with Gasteiger partial charge in [-0.25, -0.2) is 4.79 Å². The van der Waals surface area contributed by atoms with E-state index in [4.69, 9.17) is 0 Å². The number of pyridine rings is 1. The van der Waals surface area contributed by atoms with E-state index in [9.17, 15) is 18.0 Å². The molecule has 1 heterocycles. The third kappa shape index (κ3) is 2.38. The van der Waals surface area contributed by atoms with Crippen LogP contribution in [0.1, 0.15) is 21.6 Å². The molecule has 0 unspecified atom stereocenters. The first kappa shape index (κ1) is 13.3. The summed E-state index contributed by atoms with van der Waals surface area (Å²) in [5.41, 5.74) is -0.446. The second-order valence-corrected chi connectivity index (χ2v) is 4.00. The van der Waals surface area contributed by atoms with E-state index in [0.717, 1.165) is 13.2 Å². The average molecular weight is 269 g/mol. The maximum absolute atomic E-state index is 13.0. The van der Waals surface area contributed by atoms with Crippen LogP contribution >= 0.6 is 0 Å². The van der Waals surface area contributed by atoms with Gasteiger partial charge in [0.1, 0.15) is 0 Å². The van der Waals surface area contributed by atoms with E-state index in [-0.39, 0.29) is 16.5 Å². The van der Waals surface area contributed by atoms with Crippen LogP contribution in [0.5, 0.6) is 0 Å². The van der Waals surface area contributed by atoms with Crippen LogP contribution in [-0.4, -0.2) is 18.1 Å².